The molecule has 1 aliphatic rings. The van der Waals surface area contributed by atoms with E-state index >= 15 is 0 Å². The molecule has 0 aromatic rings. The van der Waals surface area contributed by atoms with Crippen molar-refractivity contribution < 1.29 is 9.84 Å². The summed E-state index contributed by atoms with van der Waals surface area (Å²) in [4.78, 5) is 2.35. The van der Waals surface area contributed by atoms with Crippen LogP contribution in [0, 0.1) is 5.92 Å². The number of hydrogen-bond acceptors (Lipinski definition) is 3. The molecule has 1 saturated carbocycles. The fourth-order valence-corrected chi connectivity index (χ4v) is 2.03. The smallest absolute Gasteiger partial charge is 0.0900 e. The van der Waals surface area contributed by atoms with Crippen molar-refractivity contribution in [1.29, 1.82) is 0 Å². The molecule has 0 saturated heterocycles. The number of ether oxygens (including phenoxy) is 1. The van der Waals surface area contributed by atoms with Crippen molar-refractivity contribution in [3.05, 3.63) is 0 Å². The maximum Gasteiger partial charge on any atom is 0.0900 e. The molecule has 0 radical (unpaired) electrons. The number of nitrogens with zero attached hydrogens (tertiary/aromatic N) is 1. The van der Waals surface area contributed by atoms with Crippen LogP contribution in [0.1, 0.15) is 40.0 Å². The summed E-state index contributed by atoms with van der Waals surface area (Å²) in [6.45, 7) is 9.54. The van der Waals surface area contributed by atoms with Crippen molar-refractivity contribution in [3.8, 4) is 0 Å². The van der Waals surface area contributed by atoms with Gasteiger partial charge in [-0.3, -0.25) is 0 Å². The normalized spacial score (nSPS) is 19.1. The van der Waals surface area contributed by atoms with E-state index in [0.29, 0.717) is 6.61 Å². The quantitative estimate of drug-likeness (QED) is 0.690. The van der Waals surface area contributed by atoms with Gasteiger partial charge in [0.1, 0.15) is 0 Å². The van der Waals surface area contributed by atoms with Gasteiger partial charge in [-0.2, -0.15) is 0 Å². The standard InChI is InChI=1S/C13H27NO2/c1-4-14(8-12-6-5-7-12)9-13(15)10-16-11(2)3/h11-13,15H,4-10H2,1-3H3. The molecule has 1 rings (SSSR count). The van der Waals surface area contributed by atoms with Crippen LogP contribution >= 0.6 is 0 Å². The first-order chi connectivity index (χ1) is 7.61. The summed E-state index contributed by atoms with van der Waals surface area (Å²) in [5, 5.41) is 9.84. The van der Waals surface area contributed by atoms with Crippen molar-refractivity contribution in [2.75, 3.05) is 26.2 Å². The number of likely N-dealkylation sites (N-methyl/N-ethyl adjacent to an activating group) is 1. The number of rotatable bonds is 8. The van der Waals surface area contributed by atoms with E-state index in [9.17, 15) is 5.11 Å². The molecule has 0 spiro atoms. The SMILES string of the molecule is CCN(CC(O)COC(C)C)CC1CCC1. The van der Waals surface area contributed by atoms with E-state index in [0.717, 1.165) is 25.6 Å². The van der Waals surface area contributed by atoms with E-state index in [-0.39, 0.29) is 12.2 Å². The Balaban J connectivity index is 2.14. The highest BCUT2D eigenvalue weighted by molar-refractivity contribution is 4.74. The minimum Gasteiger partial charge on any atom is -0.389 e. The first-order valence-electron chi connectivity index (χ1n) is 6.63. The Hall–Kier alpha value is -0.120. The number of aliphatic hydroxyl groups is 1. The van der Waals surface area contributed by atoms with E-state index in [4.69, 9.17) is 4.74 Å². The van der Waals surface area contributed by atoms with Crippen LogP contribution in [0.2, 0.25) is 0 Å². The van der Waals surface area contributed by atoms with Crippen LogP contribution in [0.25, 0.3) is 0 Å². The Kier molecular flexibility index (Phi) is 6.32. The van der Waals surface area contributed by atoms with Gasteiger partial charge in [0.05, 0.1) is 18.8 Å². The van der Waals surface area contributed by atoms with Gasteiger partial charge in [-0.05, 0) is 39.2 Å². The predicted molar refractivity (Wildman–Crippen MR) is 66.5 cm³/mol. The first-order valence-corrected chi connectivity index (χ1v) is 6.63. The van der Waals surface area contributed by atoms with Gasteiger partial charge in [0.25, 0.3) is 0 Å². The molecule has 1 N–H and O–H groups in total. The van der Waals surface area contributed by atoms with Crippen LogP contribution < -0.4 is 0 Å². The van der Waals surface area contributed by atoms with Crippen molar-refractivity contribution in [1.82, 2.24) is 4.90 Å². The fourth-order valence-electron chi connectivity index (χ4n) is 2.03. The van der Waals surface area contributed by atoms with E-state index in [1.165, 1.54) is 19.3 Å². The van der Waals surface area contributed by atoms with E-state index < -0.39 is 0 Å². The molecule has 0 aromatic heterocycles. The lowest BCUT2D eigenvalue weighted by molar-refractivity contribution is -0.0110. The average molecular weight is 229 g/mol. The molecular formula is C13H27NO2. The number of hydrogen-bond donors (Lipinski definition) is 1. The third kappa shape index (κ3) is 5.28. The molecule has 3 heteroatoms. The molecule has 0 aliphatic heterocycles. The highest BCUT2D eigenvalue weighted by Crippen LogP contribution is 2.26. The zero-order chi connectivity index (χ0) is 12.0. The summed E-state index contributed by atoms with van der Waals surface area (Å²) in [6.07, 6.45) is 3.99. The second kappa shape index (κ2) is 7.25. The van der Waals surface area contributed by atoms with E-state index in [1.807, 2.05) is 13.8 Å². The lowest BCUT2D eigenvalue weighted by Crippen LogP contribution is -2.39. The van der Waals surface area contributed by atoms with Gasteiger partial charge in [0.2, 0.25) is 0 Å². The van der Waals surface area contributed by atoms with Gasteiger partial charge < -0.3 is 14.7 Å². The summed E-state index contributed by atoms with van der Waals surface area (Å²) >= 11 is 0. The third-order valence-corrected chi connectivity index (χ3v) is 3.28. The minimum absolute atomic E-state index is 0.205. The molecule has 1 aliphatic carbocycles. The van der Waals surface area contributed by atoms with Gasteiger partial charge in [0, 0.05) is 13.1 Å². The van der Waals surface area contributed by atoms with Crippen molar-refractivity contribution in [2.24, 2.45) is 5.92 Å². The predicted octanol–water partition coefficient (Wildman–Crippen LogP) is 1.89. The van der Waals surface area contributed by atoms with Crippen LogP contribution in [0.3, 0.4) is 0 Å². The second-order valence-corrected chi connectivity index (χ2v) is 5.19. The van der Waals surface area contributed by atoms with Gasteiger partial charge in [-0.1, -0.05) is 13.3 Å². The topological polar surface area (TPSA) is 32.7 Å². The minimum atomic E-state index is -0.345. The monoisotopic (exact) mass is 229 g/mol. The molecule has 0 aromatic carbocycles. The van der Waals surface area contributed by atoms with Gasteiger partial charge in [-0.15, -0.1) is 0 Å². The first kappa shape index (κ1) is 13.9. The third-order valence-electron chi connectivity index (χ3n) is 3.28. The number of aliphatic hydroxyl groups excluding tert-OH is 1. The van der Waals surface area contributed by atoms with Crippen LogP contribution in [0.15, 0.2) is 0 Å². The van der Waals surface area contributed by atoms with Gasteiger partial charge in [0.15, 0.2) is 0 Å². The van der Waals surface area contributed by atoms with E-state index in [2.05, 4.69) is 11.8 Å². The Bertz CT molecular complexity index is 181. The maximum absolute atomic E-state index is 9.84. The average Bonchev–Trinajstić information content (AvgIpc) is 2.18. The highest BCUT2D eigenvalue weighted by atomic mass is 16.5. The molecule has 1 atom stereocenters. The summed E-state index contributed by atoms with van der Waals surface area (Å²) < 4.78 is 5.42. The zero-order valence-electron chi connectivity index (χ0n) is 11.0. The molecule has 0 bridgehead atoms. The molecular weight excluding hydrogens is 202 g/mol. The molecule has 0 heterocycles. The molecule has 0 amide bonds. The Morgan fingerprint density at radius 1 is 1.38 bits per heavy atom. The largest absolute Gasteiger partial charge is 0.389 e. The molecule has 1 unspecified atom stereocenters. The Morgan fingerprint density at radius 2 is 2.06 bits per heavy atom. The van der Waals surface area contributed by atoms with Crippen LogP contribution in [0.4, 0.5) is 0 Å². The van der Waals surface area contributed by atoms with Crippen LogP contribution in [-0.2, 0) is 4.74 Å². The van der Waals surface area contributed by atoms with Gasteiger partial charge >= 0.3 is 0 Å². The van der Waals surface area contributed by atoms with Gasteiger partial charge in [-0.25, -0.2) is 0 Å². The highest BCUT2D eigenvalue weighted by Gasteiger charge is 2.21. The Labute approximate surface area is 99.8 Å². The second-order valence-electron chi connectivity index (χ2n) is 5.19. The Morgan fingerprint density at radius 3 is 2.50 bits per heavy atom. The zero-order valence-corrected chi connectivity index (χ0v) is 11.0. The van der Waals surface area contributed by atoms with Crippen LogP contribution in [0.5, 0.6) is 0 Å². The lowest BCUT2D eigenvalue weighted by atomic mass is 9.85. The fraction of sp³-hybridized carbons (Fsp3) is 1.00. The van der Waals surface area contributed by atoms with Crippen molar-refractivity contribution in [2.45, 2.75) is 52.2 Å². The lowest BCUT2D eigenvalue weighted by Gasteiger charge is -2.32. The van der Waals surface area contributed by atoms with Crippen LogP contribution in [-0.4, -0.2) is 48.5 Å². The van der Waals surface area contributed by atoms with E-state index in [1.54, 1.807) is 0 Å². The molecule has 16 heavy (non-hydrogen) atoms. The maximum atomic E-state index is 9.84. The summed E-state index contributed by atoms with van der Waals surface area (Å²) in [7, 11) is 0. The van der Waals surface area contributed by atoms with Crippen molar-refractivity contribution in [3.63, 3.8) is 0 Å². The molecule has 1 fully saturated rings. The summed E-state index contributed by atoms with van der Waals surface area (Å²) in [6, 6.07) is 0. The summed E-state index contributed by atoms with van der Waals surface area (Å²) in [5.74, 6) is 0.873. The summed E-state index contributed by atoms with van der Waals surface area (Å²) in [5.41, 5.74) is 0. The molecule has 96 valence electrons. The van der Waals surface area contributed by atoms with Crippen molar-refractivity contribution >= 4 is 0 Å². The molecule has 3 nitrogen and oxygen atoms in total.